The average Bonchev–Trinajstić information content (AvgIpc) is 2.85. The molecule has 192 valence electrons. The summed E-state index contributed by atoms with van der Waals surface area (Å²) in [4.78, 5) is 4.79. The largest absolute Gasteiger partial charge is 0.251 e. The Morgan fingerprint density at radius 3 is 1.92 bits per heavy atom. The van der Waals surface area contributed by atoms with E-state index in [0.717, 1.165) is 15.4 Å². The van der Waals surface area contributed by atoms with Gasteiger partial charge in [0, 0.05) is 17.7 Å². The van der Waals surface area contributed by atoms with Gasteiger partial charge in [-0.3, -0.25) is 4.39 Å². The van der Waals surface area contributed by atoms with Gasteiger partial charge in [0.25, 0.3) is 0 Å². The summed E-state index contributed by atoms with van der Waals surface area (Å²) in [5, 5.41) is 0. The van der Waals surface area contributed by atoms with Gasteiger partial charge in [0.2, 0.25) is 10.0 Å². The van der Waals surface area contributed by atoms with E-state index < -0.39 is 46.5 Å². The van der Waals surface area contributed by atoms with Crippen molar-refractivity contribution in [3.05, 3.63) is 101 Å². The molecule has 0 N–H and O–H groups in total. The maximum absolute atomic E-state index is 14.5. The van der Waals surface area contributed by atoms with Crippen LogP contribution in [0.5, 0.6) is 0 Å². The van der Waals surface area contributed by atoms with E-state index >= 15 is 0 Å². The van der Waals surface area contributed by atoms with Gasteiger partial charge >= 0.3 is 0 Å². The predicted molar refractivity (Wildman–Crippen MR) is 139 cm³/mol. The summed E-state index contributed by atoms with van der Waals surface area (Å²) in [6.07, 6.45) is -0.227. The molecule has 3 aromatic carbocycles. The molecule has 0 saturated carbocycles. The number of hydrogen-bond donors (Lipinski definition) is 0. The van der Waals surface area contributed by atoms with Gasteiger partial charge in [-0.1, -0.05) is 66.7 Å². The molecule has 3 rings (SSSR count). The monoisotopic (exact) mass is 516 g/mol. The lowest BCUT2D eigenvalue weighted by atomic mass is 9.99. The molecular weight excluding hydrogens is 485 g/mol. The normalized spacial score (nSPS) is 13.0. The number of benzene rings is 3. The predicted octanol–water partition coefficient (Wildman–Crippen LogP) is 6.80. The molecule has 0 heterocycles. The van der Waals surface area contributed by atoms with Gasteiger partial charge in [0.05, 0.1) is 28.9 Å². The van der Waals surface area contributed by atoms with Crippen LogP contribution in [0.15, 0.2) is 83.9 Å². The van der Waals surface area contributed by atoms with Crippen molar-refractivity contribution in [2.45, 2.75) is 38.0 Å². The highest BCUT2D eigenvalue weighted by Gasteiger charge is 2.40. The fraction of sp³-hybridized carbons (Fsp3) is 0.321. The molecule has 8 heteroatoms. The lowest BCUT2D eigenvalue weighted by Crippen LogP contribution is -2.46. The Bertz CT molecular complexity index is 1230. The smallest absolute Gasteiger partial charge is 0.219 e. The lowest BCUT2D eigenvalue weighted by Gasteiger charge is -2.35. The van der Waals surface area contributed by atoms with E-state index in [0.29, 0.717) is 11.3 Å². The molecule has 0 aliphatic heterocycles. The second-order valence-electron chi connectivity index (χ2n) is 9.31. The molecule has 0 spiro atoms. The second-order valence-corrected chi connectivity index (χ2v) is 12.0. The number of sulfonamides is 1. The van der Waals surface area contributed by atoms with Crippen molar-refractivity contribution in [2.75, 3.05) is 19.9 Å². The summed E-state index contributed by atoms with van der Waals surface area (Å²) in [5.74, 6) is -0.576. The second kappa shape index (κ2) is 11.8. The standard InChI is InChI=1S/C28H31F3N2O2S/c1-28(2,3)36(34,35)33(19-18-30)26(16-17-29)24-15-14-23(31)20-25(24)32-27(21-10-6-4-7-11-21)22-12-8-5-9-13-22/h4-15,20,26H,16-19H2,1-3H3/t26-/m1/s1. The van der Waals surface area contributed by atoms with E-state index in [4.69, 9.17) is 4.99 Å². The number of hydrogen-bond acceptors (Lipinski definition) is 3. The average molecular weight is 517 g/mol. The van der Waals surface area contributed by atoms with Crippen molar-refractivity contribution in [1.82, 2.24) is 4.31 Å². The minimum atomic E-state index is -4.05. The van der Waals surface area contributed by atoms with Crippen LogP contribution >= 0.6 is 0 Å². The number of nitrogens with zero attached hydrogens (tertiary/aromatic N) is 2. The number of aliphatic imine (C=N–C) groups is 1. The van der Waals surface area contributed by atoms with Crippen LogP contribution in [-0.2, 0) is 10.0 Å². The summed E-state index contributed by atoms with van der Waals surface area (Å²) in [6, 6.07) is 21.3. The maximum Gasteiger partial charge on any atom is 0.219 e. The van der Waals surface area contributed by atoms with Crippen LogP contribution in [-0.4, -0.2) is 43.1 Å². The van der Waals surface area contributed by atoms with E-state index in [-0.39, 0.29) is 12.1 Å². The summed E-state index contributed by atoms with van der Waals surface area (Å²) in [7, 11) is -4.05. The molecule has 0 aromatic heterocycles. The van der Waals surface area contributed by atoms with Crippen LogP contribution in [0, 0.1) is 5.82 Å². The molecule has 0 aliphatic carbocycles. The Labute approximate surface area is 211 Å². The van der Waals surface area contributed by atoms with Gasteiger partial charge < -0.3 is 0 Å². The van der Waals surface area contributed by atoms with E-state index in [2.05, 4.69) is 0 Å². The van der Waals surface area contributed by atoms with Crippen LogP contribution in [0.25, 0.3) is 0 Å². The minimum Gasteiger partial charge on any atom is -0.251 e. The minimum absolute atomic E-state index is 0.157. The van der Waals surface area contributed by atoms with Gasteiger partial charge in [0.15, 0.2) is 0 Å². The third-order valence-electron chi connectivity index (χ3n) is 5.80. The first-order valence-electron chi connectivity index (χ1n) is 11.7. The van der Waals surface area contributed by atoms with Crippen LogP contribution in [0.4, 0.5) is 18.9 Å². The molecule has 0 amide bonds. The fourth-order valence-electron chi connectivity index (χ4n) is 3.94. The van der Waals surface area contributed by atoms with Crippen molar-refractivity contribution in [3.8, 4) is 0 Å². The van der Waals surface area contributed by atoms with Gasteiger partial charge in [-0.2, -0.15) is 4.31 Å². The molecule has 0 unspecified atom stereocenters. The summed E-state index contributed by atoms with van der Waals surface area (Å²) < 4.78 is 68.4. The zero-order valence-corrected chi connectivity index (χ0v) is 21.5. The lowest BCUT2D eigenvalue weighted by molar-refractivity contribution is 0.259. The SMILES string of the molecule is CC(C)(C)S(=O)(=O)N(CCF)[C@H](CCF)c1ccc(F)cc1N=C(c1ccccc1)c1ccccc1. The molecule has 4 nitrogen and oxygen atoms in total. The third kappa shape index (κ3) is 6.23. The molecule has 0 bridgehead atoms. The Morgan fingerprint density at radius 1 is 0.889 bits per heavy atom. The Kier molecular flexibility index (Phi) is 9.08. The molecule has 1 atom stereocenters. The van der Waals surface area contributed by atoms with Gasteiger partial charge in [-0.25, -0.2) is 22.2 Å². The first-order chi connectivity index (χ1) is 17.1. The molecular formula is C28H31F3N2O2S. The zero-order chi connectivity index (χ0) is 26.3. The first kappa shape index (κ1) is 27.6. The fourth-order valence-corrected chi connectivity index (χ4v) is 5.51. The van der Waals surface area contributed by atoms with E-state index in [1.54, 1.807) is 0 Å². The molecule has 0 radical (unpaired) electrons. The molecule has 0 fully saturated rings. The van der Waals surface area contributed by atoms with Crippen LogP contribution < -0.4 is 0 Å². The number of rotatable bonds is 10. The number of alkyl halides is 2. The van der Waals surface area contributed by atoms with Crippen molar-refractivity contribution >= 4 is 21.4 Å². The third-order valence-corrected chi connectivity index (χ3v) is 8.40. The topological polar surface area (TPSA) is 49.7 Å². The van der Waals surface area contributed by atoms with Crippen molar-refractivity contribution < 1.29 is 21.6 Å². The Hall–Kier alpha value is -2.97. The highest BCUT2D eigenvalue weighted by Crippen LogP contribution is 2.38. The maximum atomic E-state index is 14.5. The van der Waals surface area contributed by atoms with Crippen LogP contribution in [0.1, 0.15) is 49.9 Å². The quantitative estimate of drug-likeness (QED) is 0.279. The Morgan fingerprint density at radius 2 is 1.44 bits per heavy atom. The van der Waals surface area contributed by atoms with E-state index in [1.165, 1.54) is 39.0 Å². The van der Waals surface area contributed by atoms with Gasteiger partial charge in [-0.15, -0.1) is 0 Å². The summed E-state index contributed by atoms with van der Waals surface area (Å²) in [5.41, 5.74) is 2.54. The van der Waals surface area contributed by atoms with Crippen LogP contribution in [0.3, 0.4) is 0 Å². The van der Waals surface area contributed by atoms with E-state index in [1.807, 2.05) is 60.7 Å². The molecule has 36 heavy (non-hydrogen) atoms. The first-order valence-corrected chi connectivity index (χ1v) is 13.2. The highest BCUT2D eigenvalue weighted by atomic mass is 32.2. The summed E-state index contributed by atoms with van der Waals surface area (Å²) in [6.45, 7) is 2.27. The summed E-state index contributed by atoms with van der Waals surface area (Å²) >= 11 is 0. The van der Waals surface area contributed by atoms with E-state index in [9.17, 15) is 21.6 Å². The van der Waals surface area contributed by atoms with Crippen molar-refractivity contribution in [2.24, 2.45) is 4.99 Å². The van der Waals surface area contributed by atoms with Gasteiger partial charge in [-0.05, 0) is 44.9 Å². The van der Waals surface area contributed by atoms with Gasteiger partial charge in [0.1, 0.15) is 12.5 Å². The van der Waals surface area contributed by atoms with Crippen molar-refractivity contribution in [1.29, 1.82) is 0 Å². The molecule has 0 aliphatic rings. The van der Waals surface area contributed by atoms with Crippen LogP contribution in [0.2, 0.25) is 0 Å². The molecule has 0 saturated heterocycles. The van der Waals surface area contributed by atoms with Crippen molar-refractivity contribution in [3.63, 3.8) is 0 Å². The zero-order valence-electron chi connectivity index (χ0n) is 20.7. The Balaban J connectivity index is 2.27. The highest BCUT2D eigenvalue weighted by molar-refractivity contribution is 7.90. The molecule has 3 aromatic rings. The number of halogens is 3.